The lowest BCUT2D eigenvalue weighted by atomic mass is 10.00. The zero-order valence-electron chi connectivity index (χ0n) is 14.5. The van der Waals surface area contributed by atoms with Gasteiger partial charge in [-0.3, -0.25) is 9.59 Å². The normalized spacial score (nSPS) is 17.3. The Hall–Kier alpha value is -1.88. The maximum atomic E-state index is 12.2. The quantitative estimate of drug-likeness (QED) is 0.716. The first-order valence-electron chi connectivity index (χ1n) is 8.74. The molecule has 2 atom stereocenters. The van der Waals surface area contributed by atoms with Crippen LogP contribution >= 0.6 is 0 Å². The summed E-state index contributed by atoms with van der Waals surface area (Å²) in [4.78, 5) is 23.7. The Bertz CT molecular complexity index is 550. The fraction of sp³-hybridized carbons (Fsp3) is 0.579. The standard InChI is InChI=1S/C19H28N2O3/c1-13-7-9-15(10-8-13)17(21-14(2)22)11-19(24)20-12-18(23)16-5-3-4-6-16/h7-10,16-18,23H,3-6,11-12H2,1-2H3,(H,20,24)(H,21,22). The average molecular weight is 332 g/mol. The Morgan fingerprint density at radius 3 is 2.42 bits per heavy atom. The van der Waals surface area contributed by atoms with Gasteiger partial charge < -0.3 is 15.7 Å². The van der Waals surface area contributed by atoms with Crippen molar-refractivity contribution in [2.75, 3.05) is 6.54 Å². The van der Waals surface area contributed by atoms with Gasteiger partial charge in [0.05, 0.1) is 18.6 Å². The van der Waals surface area contributed by atoms with Crippen molar-refractivity contribution in [3.05, 3.63) is 35.4 Å². The molecule has 0 heterocycles. The third-order valence-electron chi connectivity index (χ3n) is 4.70. The number of hydrogen-bond acceptors (Lipinski definition) is 3. The lowest BCUT2D eigenvalue weighted by molar-refractivity contribution is -0.123. The highest BCUT2D eigenvalue weighted by Gasteiger charge is 2.24. The molecule has 1 aromatic carbocycles. The molecule has 0 spiro atoms. The van der Waals surface area contributed by atoms with Gasteiger partial charge in [-0.15, -0.1) is 0 Å². The summed E-state index contributed by atoms with van der Waals surface area (Å²) in [7, 11) is 0. The number of carbonyl (C=O) groups excluding carboxylic acids is 2. The molecule has 2 amide bonds. The predicted octanol–water partition coefficient (Wildman–Crippen LogP) is 2.23. The summed E-state index contributed by atoms with van der Waals surface area (Å²) in [6.45, 7) is 3.72. The van der Waals surface area contributed by atoms with Crippen LogP contribution in [0.1, 0.15) is 56.2 Å². The van der Waals surface area contributed by atoms with Gasteiger partial charge in [0.15, 0.2) is 0 Å². The highest BCUT2D eigenvalue weighted by Crippen LogP contribution is 2.27. The Morgan fingerprint density at radius 2 is 1.83 bits per heavy atom. The summed E-state index contributed by atoms with van der Waals surface area (Å²) in [6.07, 6.45) is 4.08. The molecule has 5 nitrogen and oxygen atoms in total. The summed E-state index contributed by atoms with van der Waals surface area (Å²) in [5, 5.41) is 15.8. The van der Waals surface area contributed by atoms with Gasteiger partial charge >= 0.3 is 0 Å². The Kier molecular flexibility index (Phi) is 6.79. The number of benzene rings is 1. The van der Waals surface area contributed by atoms with Gasteiger partial charge in [-0.25, -0.2) is 0 Å². The number of aliphatic hydroxyl groups excluding tert-OH is 1. The van der Waals surface area contributed by atoms with Gasteiger partial charge in [-0.05, 0) is 31.2 Å². The molecular weight excluding hydrogens is 304 g/mol. The van der Waals surface area contributed by atoms with Crippen molar-refractivity contribution in [3.8, 4) is 0 Å². The van der Waals surface area contributed by atoms with E-state index in [1.54, 1.807) is 0 Å². The topological polar surface area (TPSA) is 78.4 Å². The van der Waals surface area contributed by atoms with Gasteiger partial charge in [0.2, 0.25) is 11.8 Å². The highest BCUT2D eigenvalue weighted by atomic mass is 16.3. The Balaban J connectivity index is 1.89. The summed E-state index contributed by atoms with van der Waals surface area (Å²) in [5.74, 6) is -0.0284. The van der Waals surface area contributed by atoms with E-state index < -0.39 is 6.10 Å². The van der Waals surface area contributed by atoms with E-state index in [4.69, 9.17) is 0 Å². The van der Waals surface area contributed by atoms with Crippen molar-refractivity contribution in [2.45, 2.75) is 58.1 Å². The molecular formula is C19H28N2O3. The summed E-state index contributed by atoms with van der Waals surface area (Å²) >= 11 is 0. The Labute approximate surface area is 143 Å². The van der Waals surface area contributed by atoms with Gasteiger partial charge in [-0.1, -0.05) is 42.7 Å². The van der Waals surface area contributed by atoms with E-state index >= 15 is 0 Å². The van der Waals surface area contributed by atoms with Crippen LogP contribution in [0.5, 0.6) is 0 Å². The molecule has 132 valence electrons. The second kappa shape index (κ2) is 8.83. The number of nitrogens with one attached hydrogen (secondary N) is 2. The highest BCUT2D eigenvalue weighted by molar-refractivity contribution is 5.79. The fourth-order valence-electron chi connectivity index (χ4n) is 3.28. The average Bonchev–Trinajstić information content (AvgIpc) is 3.07. The number of carbonyl (C=O) groups is 2. The molecule has 0 aromatic heterocycles. The summed E-state index contributed by atoms with van der Waals surface area (Å²) in [5.41, 5.74) is 2.03. The molecule has 1 aliphatic rings. The number of aliphatic hydroxyl groups is 1. The van der Waals surface area contributed by atoms with Crippen LogP contribution in [-0.4, -0.2) is 29.6 Å². The zero-order valence-corrected chi connectivity index (χ0v) is 14.5. The second-order valence-electron chi connectivity index (χ2n) is 6.78. The van der Waals surface area contributed by atoms with Crippen LogP contribution < -0.4 is 10.6 Å². The van der Waals surface area contributed by atoms with E-state index in [9.17, 15) is 14.7 Å². The molecule has 1 saturated carbocycles. The minimum Gasteiger partial charge on any atom is -0.391 e. The SMILES string of the molecule is CC(=O)NC(CC(=O)NCC(O)C1CCCC1)c1ccc(C)cc1. The molecule has 0 aliphatic heterocycles. The molecule has 24 heavy (non-hydrogen) atoms. The summed E-state index contributed by atoms with van der Waals surface area (Å²) < 4.78 is 0. The van der Waals surface area contributed by atoms with Crippen LogP contribution in [0.2, 0.25) is 0 Å². The van der Waals surface area contributed by atoms with Crippen molar-refractivity contribution < 1.29 is 14.7 Å². The van der Waals surface area contributed by atoms with Gasteiger partial charge in [0.25, 0.3) is 0 Å². The monoisotopic (exact) mass is 332 g/mol. The molecule has 0 saturated heterocycles. The van der Waals surface area contributed by atoms with Crippen LogP contribution in [0.3, 0.4) is 0 Å². The van der Waals surface area contributed by atoms with Gasteiger partial charge in [0.1, 0.15) is 0 Å². The van der Waals surface area contributed by atoms with Gasteiger partial charge in [-0.2, -0.15) is 0 Å². The maximum Gasteiger partial charge on any atom is 0.222 e. The molecule has 3 N–H and O–H groups in total. The van der Waals surface area contributed by atoms with Crippen LogP contribution in [0.15, 0.2) is 24.3 Å². The molecule has 0 radical (unpaired) electrons. The molecule has 1 aliphatic carbocycles. The van der Waals surface area contributed by atoms with Crippen LogP contribution in [-0.2, 0) is 9.59 Å². The largest absolute Gasteiger partial charge is 0.391 e. The van der Waals surface area contributed by atoms with Crippen molar-refractivity contribution in [1.82, 2.24) is 10.6 Å². The summed E-state index contributed by atoms with van der Waals surface area (Å²) in [6, 6.07) is 7.43. The van der Waals surface area contributed by atoms with Crippen LogP contribution in [0.25, 0.3) is 0 Å². The predicted molar refractivity (Wildman–Crippen MR) is 93.3 cm³/mol. The smallest absolute Gasteiger partial charge is 0.222 e. The van der Waals surface area contributed by atoms with Crippen molar-refractivity contribution in [1.29, 1.82) is 0 Å². The second-order valence-corrected chi connectivity index (χ2v) is 6.78. The Morgan fingerprint density at radius 1 is 1.21 bits per heavy atom. The first-order chi connectivity index (χ1) is 11.5. The van der Waals surface area contributed by atoms with E-state index in [1.165, 1.54) is 6.92 Å². The van der Waals surface area contributed by atoms with Gasteiger partial charge in [0, 0.05) is 13.5 Å². The first-order valence-corrected chi connectivity index (χ1v) is 8.74. The van der Waals surface area contributed by atoms with Crippen molar-refractivity contribution >= 4 is 11.8 Å². The van der Waals surface area contributed by atoms with E-state index in [1.807, 2.05) is 31.2 Å². The first kappa shape index (κ1) is 18.5. The van der Waals surface area contributed by atoms with E-state index in [0.717, 1.165) is 36.8 Å². The van der Waals surface area contributed by atoms with Crippen LogP contribution in [0, 0.1) is 12.8 Å². The lowest BCUT2D eigenvalue weighted by Gasteiger charge is -2.21. The molecule has 1 aromatic rings. The van der Waals surface area contributed by atoms with Crippen LogP contribution in [0.4, 0.5) is 0 Å². The number of rotatable bonds is 7. The fourth-order valence-corrected chi connectivity index (χ4v) is 3.28. The molecule has 1 fully saturated rings. The van der Waals surface area contributed by atoms with Crippen molar-refractivity contribution in [2.24, 2.45) is 5.92 Å². The third-order valence-corrected chi connectivity index (χ3v) is 4.70. The molecule has 5 heteroatoms. The van der Waals surface area contributed by atoms with Crippen molar-refractivity contribution in [3.63, 3.8) is 0 Å². The van der Waals surface area contributed by atoms with E-state index in [2.05, 4.69) is 10.6 Å². The number of aryl methyl sites for hydroxylation is 1. The van der Waals surface area contributed by atoms with E-state index in [-0.39, 0.29) is 30.8 Å². The molecule has 0 bridgehead atoms. The minimum absolute atomic E-state index is 0.161. The number of hydrogen-bond donors (Lipinski definition) is 3. The zero-order chi connectivity index (χ0) is 17.5. The van der Waals surface area contributed by atoms with E-state index in [0.29, 0.717) is 5.92 Å². The maximum absolute atomic E-state index is 12.2. The minimum atomic E-state index is -0.477. The molecule has 2 rings (SSSR count). The third kappa shape index (κ3) is 5.64. The number of amides is 2. The lowest BCUT2D eigenvalue weighted by Crippen LogP contribution is -2.38. The molecule has 2 unspecified atom stereocenters.